The summed E-state index contributed by atoms with van der Waals surface area (Å²) in [6.45, 7) is 5.80. The number of esters is 1. The lowest BCUT2D eigenvalue weighted by atomic mass is 10.2. The molecule has 1 amide bonds. The van der Waals surface area contributed by atoms with Crippen molar-refractivity contribution in [2.75, 3.05) is 40.0 Å². The molecule has 0 spiro atoms. The zero-order valence-electron chi connectivity index (χ0n) is 18.1. The molecule has 0 bridgehead atoms. The maximum absolute atomic E-state index is 13.6. The van der Waals surface area contributed by atoms with Crippen LogP contribution in [0.4, 0.5) is 4.79 Å². The Hall–Kier alpha value is -2.53. The molecule has 0 aromatic heterocycles. The lowest BCUT2D eigenvalue weighted by molar-refractivity contribution is -0.145. The van der Waals surface area contributed by atoms with Crippen molar-refractivity contribution in [1.82, 2.24) is 9.21 Å². The third-order valence-electron chi connectivity index (χ3n) is 4.79. The molecular weight excluding hydrogens is 428 g/mol. The molecule has 2 heterocycles. The molecule has 10 nitrogen and oxygen atoms in total. The molecule has 0 N–H and O–H groups in total. The molecule has 0 saturated carbocycles. The second kappa shape index (κ2) is 8.91. The summed E-state index contributed by atoms with van der Waals surface area (Å²) in [7, 11) is -2.99. The zero-order valence-corrected chi connectivity index (χ0v) is 18.9. The average Bonchev–Trinajstić information content (AvgIpc) is 2.95. The van der Waals surface area contributed by atoms with Crippen LogP contribution in [0, 0.1) is 0 Å². The van der Waals surface area contributed by atoms with E-state index in [0.29, 0.717) is 18.8 Å². The van der Waals surface area contributed by atoms with Crippen LogP contribution in [0.1, 0.15) is 27.2 Å². The first-order valence-corrected chi connectivity index (χ1v) is 11.4. The summed E-state index contributed by atoms with van der Waals surface area (Å²) >= 11 is 0. The third kappa shape index (κ3) is 5.04. The van der Waals surface area contributed by atoms with Crippen molar-refractivity contribution < 1.29 is 37.0 Å². The van der Waals surface area contributed by atoms with Crippen molar-refractivity contribution in [3.05, 3.63) is 18.2 Å². The van der Waals surface area contributed by atoms with Crippen LogP contribution in [-0.4, -0.2) is 81.3 Å². The molecule has 2 aliphatic heterocycles. The molecule has 1 saturated heterocycles. The summed E-state index contributed by atoms with van der Waals surface area (Å²) < 4.78 is 49.6. The maximum Gasteiger partial charge on any atom is 0.410 e. The van der Waals surface area contributed by atoms with Crippen molar-refractivity contribution in [3.8, 4) is 11.5 Å². The molecule has 1 fully saturated rings. The van der Waals surface area contributed by atoms with Gasteiger partial charge in [-0.15, -0.1) is 0 Å². The van der Waals surface area contributed by atoms with Crippen LogP contribution in [0.25, 0.3) is 0 Å². The van der Waals surface area contributed by atoms with Gasteiger partial charge in [-0.2, -0.15) is 4.31 Å². The Morgan fingerprint density at radius 1 is 1.13 bits per heavy atom. The normalized spacial score (nSPS) is 20.0. The van der Waals surface area contributed by atoms with Gasteiger partial charge in [0.15, 0.2) is 11.5 Å². The van der Waals surface area contributed by atoms with Gasteiger partial charge in [-0.05, 0) is 39.3 Å². The molecule has 31 heavy (non-hydrogen) atoms. The van der Waals surface area contributed by atoms with Crippen LogP contribution in [-0.2, 0) is 24.3 Å². The molecule has 11 heteroatoms. The topological polar surface area (TPSA) is 112 Å². The van der Waals surface area contributed by atoms with Gasteiger partial charge in [0.05, 0.1) is 13.7 Å². The first-order valence-electron chi connectivity index (χ1n) is 10.0. The number of benzene rings is 1. The molecule has 1 atom stereocenters. The zero-order chi connectivity index (χ0) is 22.8. The number of methoxy groups -OCH3 is 1. The van der Waals surface area contributed by atoms with Crippen LogP contribution in [0.5, 0.6) is 11.5 Å². The predicted octanol–water partition coefficient (Wildman–Crippen LogP) is 1.63. The highest BCUT2D eigenvalue weighted by Gasteiger charge is 2.42. The molecule has 0 radical (unpaired) electrons. The average molecular weight is 457 g/mol. The number of para-hydroxylation sites is 1. The first kappa shape index (κ1) is 23.1. The van der Waals surface area contributed by atoms with E-state index in [4.69, 9.17) is 18.9 Å². The number of amides is 1. The SMILES string of the molecule is COC(=O)C1CN(C(=O)OC(C)(C)C)CCCN1S(=O)(=O)c1cccc2c1OCCO2. The molecule has 2 aliphatic rings. The van der Waals surface area contributed by atoms with E-state index in [1.807, 2.05) is 0 Å². The summed E-state index contributed by atoms with van der Waals surface area (Å²) in [5.74, 6) is -0.321. The van der Waals surface area contributed by atoms with E-state index in [9.17, 15) is 18.0 Å². The number of fused-ring (bicyclic) bond motifs is 1. The monoisotopic (exact) mass is 456 g/mol. The third-order valence-corrected chi connectivity index (χ3v) is 6.72. The quantitative estimate of drug-likeness (QED) is 0.631. The highest BCUT2D eigenvalue weighted by molar-refractivity contribution is 7.89. The molecule has 1 aromatic carbocycles. The number of ether oxygens (including phenoxy) is 4. The summed E-state index contributed by atoms with van der Waals surface area (Å²) in [5, 5.41) is 0. The van der Waals surface area contributed by atoms with Crippen molar-refractivity contribution in [2.45, 2.75) is 43.7 Å². The van der Waals surface area contributed by atoms with Crippen molar-refractivity contribution in [3.63, 3.8) is 0 Å². The molecule has 1 unspecified atom stereocenters. The highest BCUT2D eigenvalue weighted by Crippen LogP contribution is 2.38. The molecule has 0 aliphatic carbocycles. The second-order valence-electron chi connectivity index (χ2n) is 8.21. The van der Waals surface area contributed by atoms with Crippen molar-refractivity contribution >= 4 is 22.1 Å². The van der Waals surface area contributed by atoms with E-state index in [2.05, 4.69) is 0 Å². The van der Waals surface area contributed by atoms with Crippen LogP contribution in [0.3, 0.4) is 0 Å². The number of rotatable bonds is 3. The molecule has 3 rings (SSSR count). The van der Waals surface area contributed by atoms with Gasteiger partial charge >= 0.3 is 12.1 Å². The molecule has 172 valence electrons. The Bertz CT molecular complexity index is 941. The smallest absolute Gasteiger partial charge is 0.410 e. The lowest BCUT2D eigenvalue weighted by Gasteiger charge is -2.31. The predicted molar refractivity (Wildman–Crippen MR) is 110 cm³/mol. The molecule has 1 aromatic rings. The summed E-state index contributed by atoms with van der Waals surface area (Å²) in [6.07, 6.45) is -0.298. The number of carbonyl (C=O) groups is 2. The van der Waals surface area contributed by atoms with Crippen molar-refractivity contribution in [2.24, 2.45) is 0 Å². The summed E-state index contributed by atoms with van der Waals surface area (Å²) in [5.41, 5.74) is -0.726. The van der Waals surface area contributed by atoms with Crippen molar-refractivity contribution in [1.29, 1.82) is 0 Å². The van der Waals surface area contributed by atoms with E-state index in [1.165, 1.54) is 18.1 Å². The Kier molecular flexibility index (Phi) is 6.65. The standard InChI is InChI=1S/C20H28N2O8S/c1-20(2,3)30-19(24)21-9-6-10-22(14(13-21)18(23)27-4)31(25,26)16-8-5-7-15-17(16)29-12-11-28-15/h5,7-8,14H,6,9-13H2,1-4H3. The van der Waals surface area contributed by atoms with E-state index in [0.717, 1.165) is 4.31 Å². The van der Waals surface area contributed by atoms with Crippen LogP contribution >= 0.6 is 0 Å². The van der Waals surface area contributed by atoms with Gasteiger partial charge < -0.3 is 23.8 Å². The Balaban J connectivity index is 1.96. The fourth-order valence-corrected chi connectivity index (χ4v) is 5.20. The van der Waals surface area contributed by atoms with Crippen LogP contribution in [0.15, 0.2) is 23.1 Å². The van der Waals surface area contributed by atoms with Gasteiger partial charge in [-0.25, -0.2) is 13.2 Å². The Labute approximate surface area is 182 Å². The maximum atomic E-state index is 13.6. The van der Waals surface area contributed by atoms with Gasteiger partial charge in [-0.3, -0.25) is 4.79 Å². The number of carbonyl (C=O) groups excluding carboxylic acids is 2. The minimum Gasteiger partial charge on any atom is -0.486 e. The van der Waals surface area contributed by atoms with E-state index < -0.39 is 33.7 Å². The number of hydrogen-bond acceptors (Lipinski definition) is 8. The highest BCUT2D eigenvalue weighted by atomic mass is 32.2. The fraction of sp³-hybridized carbons (Fsp3) is 0.600. The molecular formula is C20H28N2O8S. The number of hydrogen-bond donors (Lipinski definition) is 0. The van der Waals surface area contributed by atoms with Gasteiger partial charge in [0.25, 0.3) is 0 Å². The summed E-state index contributed by atoms with van der Waals surface area (Å²) in [4.78, 5) is 26.4. The minimum absolute atomic E-state index is 0.0198. The van der Waals surface area contributed by atoms with Gasteiger partial charge in [0, 0.05) is 13.1 Å². The van der Waals surface area contributed by atoms with Crippen LogP contribution < -0.4 is 9.47 Å². The van der Waals surface area contributed by atoms with Gasteiger partial charge in [0.2, 0.25) is 10.0 Å². The largest absolute Gasteiger partial charge is 0.486 e. The van der Waals surface area contributed by atoms with Gasteiger partial charge in [0.1, 0.15) is 29.8 Å². The van der Waals surface area contributed by atoms with E-state index in [-0.39, 0.29) is 36.9 Å². The minimum atomic E-state index is -4.17. The Morgan fingerprint density at radius 2 is 1.84 bits per heavy atom. The first-order chi connectivity index (χ1) is 14.5. The van der Waals surface area contributed by atoms with Crippen LogP contribution in [0.2, 0.25) is 0 Å². The number of sulfonamides is 1. The Morgan fingerprint density at radius 3 is 2.52 bits per heavy atom. The summed E-state index contributed by atoms with van der Waals surface area (Å²) in [6, 6.07) is 3.36. The number of nitrogens with zero attached hydrogens (tertiary/aromatic N) is 2. The van der Waals surface area contributed by atoms with Gasteiger partial charge in [-0.1, -0.05) is 6.07 Å². The lowest BCUT2D eigenvalue weighted by Crippen LogP contribution is -2.51. The fourth-order valence-electron chi connectivity index (χ4n) is 3.45. The van der Waals surface area contributed by atoms with E-state index >= 15 is 0 Å². The van der Waals surface area contributed by atoms with E-state index in [1.54, 1.807) is 32.9 Å². The second-order valence-corrected chi connectivity index (χ2v) is 10.1.